The fourth-order valence-electron chi connectivity index (χ4n) is 0.285. The SMILES string of the molecule is N.N.O=CCCCC=O. The van der Waals surface area contributed by atoms with Gasteiger partial charge in [-0.2, -0.15) is 0 Å². The molecule has 6 N–H and O–H groups in total. The van der Waals surface area contributed by atoms with E-state index in [1.54, 1.807) is 0 Å². The third-order valence-corrected chi connectivity index (χ3v) is 0.644. The van der Waals surface area contributed by atoms with Gasteiger partial charge in [-0.15, -0.1) is 0 Å². The van der Waals surface area contributed by atoms with Crippen LogP contribution < -0.4 is 12.3 Å². The molecule has 0 aromatic heterocycles. The molecule has 0 saturated carbocycles. The molecule has 0 aliphatic rings. The molecule has 0 aliphatic carbocycles. The molecule has 4 heteroatoms. The predicted octanol–water partition coefficient (Wildman–Crippen LogP) is 0.878. The van der Waals surface area contributed by atoms with E-state index in [9.17, 15) is 9.59 Å². The number of rotatable bonds is 4. The normalized spacial score (nSPS) is 6.22. The van der Waals surface area contributed by atoms with E-state index < -0.39 is 0 Å². The molecule has 0 aromatic carbocycles. The minimum atomic E-state index is 0. The number of hydrogen-bond acceptors (Lipinski definition) is 4. The minimum Gasteiger partial charge on any atom is -0.344 e. The smallest absolute Gasteiger partial charge is 0.120 e. The van der Waals surface area contributed by atoms with E-state index in [1.807, 2.05) is 0 Å². The van der Waals surface area contributed by atoms with Crippen LogP contribution in [0.3, 0.4) is 0 Å². The van der Waals surface area contributed by atoms with E-state index in [2.05, 4.69) is 0 Å². The van der Waals surface area contributed by atoms with E-state index in [0.717, 1.165) is 12.6 Å². The summed E-state index contributed by atoms with van der Waals surface area (Å²) in [5, 5.41) is 0. The lowest BCUT2D eigenvalue weighted by atomic mass is 10.3. The average molecular weight is 134 g/mol. The monoisotopic (exact) mass is 134 g/mol. The van der Waals surface area contributed by atoms with Crippen LogP contribution >= 0.6 is 0 Å². The van der Waals surface area contributed by atoms with Crippen LogP contribution in [0.4, 0.5) is 0 Å². The van der Waals surface area contributed by atoms with Gasteiger partial charge in [0, 0.05) is 12.8 Å². The Bertz CT molecular complexity index is 58.0. The maximum Gasteiger partial charge on any atom is 0.120 e. The van der Waals surface area contributed by atoms with Gasteiger partial charge in [0.15, 0.2) is 0 Å². The highest BCUT2D eigenvalue weighted by atomic mass is 16.1. The van der Waals surface area contributed by atoms with Gasteiger partial charge in [-0.3, -0.25) is 0 Å². The van der Waals surface area contributed by atoms with Crippen molar-refractivity contribution >= 4 is 12.6 Å². The fraction of sp³-hybridized carbons (Fsp3) is 0.600. The Morgan fingerprint density at radius 2 is 1.22 bits per heavy atom. The van der Waals surface area contributed by atoms with Gasteiger partial charge in [-0.1, -0.05) is 0 Å². The van der Waals surface area contributed by atoms with Gasteiger partial charge in [-0.05, 0) is 6.42 Å². The van der Waals surface area contributed by atoms with Gasteiger partial charge >= 0.3 is 0 Å². The Morgan fingerprint density at radius 1 is 0.889 bits per heavy atom. The van der Waals surface area contributed by atoms with Gasteiger partial charge in [-0.25, -0.2) is 0 Å². The Labute approximate surface area is 54.8 Å². The molecule has 0 saturated heterocycles. The second-order valence-electron chi connectivity index (χ2n) is 1.26. The van der Waals surface area contributed by atoms with Gasteiger partial charge in [0.05, 0.1) is 0 Å². The molecule has 0 rings (SSSR count). The van der Waals surface area contributed by atoms with Crippen LogP contribution in [0.25, 0.3) is 0 Å². The summed E-state index contributed by atoms with van der Waals surface area (Å²) >= 11 is 0. The zero-order chi connectivity index (χ0) is 5.54. The predicted molar refractivity (Wildman–Crippen MR) is 36.0 cm³/mol. The molecule has 0 aromatic rings. The van der Waals surface area contributed by atoms with Crippen molar-refractivity contribution in [3.8, 4) is 0 Å². The van der Waals surface area contributed by atoms with Crippen LogP contribution in [-0.2, 0) is 9.59 Å². The lowest BCUT2D eigenvalue weighted by Gasteiger charge is -1.78. The van der Waals surface area contributed by atoms with Crippen molar-refractivity contribution in [3.05, 3.63) is 0 Å². The van der Waals surface area contributed by atoms with Crippen molar-refractivity contribution in [2.75, 3.05) is 0 Å². The van der Waals surface area contributed by atoms with Crippen LogP contribution in [0.5, 0.6) is 0 Å². The Morgan fingerprint density at radius 3 is 1.44 bits per heavy atom. The van der Waals surface area contributed by atoms with Gasteiger partial charge < -0.3 is 21.9 Å². The average Bonchev–Trinajstić information content (AvgIpc) is 1.69. The highest BCUT2D eigenvalue weighted by Gasteiger charge is 1.80. The molecule has 56 valence electrons. The van der Waals surface area contributed by atoms with Crippen molar-refractivity contribution in [3.63, 3.8) is 0 Å². The largest absolute Gasteiger partial charge is 0.344 e. The van der Waals surface area contributed by atoms with E-state index in [-0.39, 0.29) is 12.3 Å². The lowest BCUT2D eigenvalue weighted by molar-refractivity contribution is -0.108. The molecule has 9 heavy (non-hydrogen) atoms. The lowest BCUT2D eigenvalue weighted by Crippen LogP contribution is -1.76. The Balaban J connectivity index is -0.000000180. The molecule has 0 radical (unpaired) electrons. The maximum absolute atomic E-state index is 9.56. The second kappa shape index (κ2) is 15.7. The summed E-state index contributed by atoms with van der Waals surface area (Å²) < 4.78 is 0. The standard InChI is InChI=1S/C5H8O2.2H3N/c6-4-2-1-3-5-7;;/h4-5H,1-3H2;2*1H3. The topological polar surface area (TPSA) is 104 Å². The van der Waals surface area contributed by atoms with Gasteiger partial charge in [0.25, 0.3) is 0 Å². The first-order valence-corrected chi connectivity index (χ1v) is 2.29. The zero-order valence-corrected chi connectivity index (χ0v) is 5.51. The molecule has 0 fully saturated rings. The molecule has 0 bridgehead atoms. The third kappa shape index (κ3) is 18.9. The van der Waals surface area contributed by atoms with Crippen molar-refractivity contribution in [2.24, 2.45) is 0 Å². The first-order valence-electron chi connectivity index (χ1n) is 2.29. The van der Waals surface area contributed by atoms with E-state index >= 15 is 0 Å². The van der Waals surface area contributed by atoms with Crippen LogP contribution in [0.1, 0.15) is 19.3 Å². The highest BCUT2D eigenvalue weighted by molar-refractivity contribution is 5.52. The van der Waals surface area contributed by atoms with E-state index in [1.165, 1.54) is 0 Å². The number of carbonyl (C=O) groups is 2. The molecular formula is C5H14N2O2. The number of carbonyl (C=O) groups excluding carboxylic acids is 2. The molecule has 0 unspecified atom stereocenters. The van der Waals surface area contributed by atoms with Crippen LogP contribution in [0.15, 0.2) is 0 Å². The second-order valence-corrected chi connectivity index (χ2v) is 1.26. The quantitative estimate of drug-likeness (QED) is 0.439. The molecule has 4 nitrogen and oxygen atoms in total. The van der Waals surface area contributed by atoms with Crippen molar-refractivity contribution in [1.29, 1.82) is 0 Å². The Kier molecular flexibility index (Phi) is 27.4. The summed E-state index contributed by atoms with van der Waals surface area (Å²) in [5.74, 6) is 0. The van der Waals surface area contributed by atoms with Crippen molar-refractivity contribution in [2.45, 2.75) is 19.3 Å². The van der Waals surface area contributed by atoms with E-state index in [4.69, 9.17) is 0 Å². The molecule has 0 aliphatic heterocycles. The molecule has 0 heterocycles. The number of hydrogen-bond donors (Lipinski definition) is 2. The molecular weight excluding hydrogens is 120 g/mol. The van der Waals surface area contributed by atoms with Crippen LogP contribution in [0, 0.1) is 0 Å². The first-order chi connectivity index (χ1) is 3.41. The fourth-order valence-corrected chi connectivity index (χ4v) is 0.285. The zero-order valence-electron chi connectivity index (χ0n) is 5.51. The highest BCUT2D eigenvalue weighted by Crippen LogP contribution is 1.85. The van der Waals surface area contributed by atoms with Crippen LogP contribution in [0.2, 0.25) is 0 Å². The van der Waals surface area contributed by atoms with E-state index in [0.29, 0.717) is 19.3 Å². The van der Waals surface area contributed by atoms with Crippen molar-refractivity contribution in [1.82, 2.24) is 12.3 Å². The summed E-state index contributed by atoms with van der Waals surface area (Å²) in [6, 6.07) is 0. The minimum absolute atomic E-state index is 0. The van der Waals surface area contributed by atoms with Gasteiger partial charge in [0.1, 0.15) is 12.6 Å². The third-order valence-electron chi connectivity index (χ3n) is 0.644. The number of aldehydes is 2. The molecule has 0 atom stereocenters. The summed E-state index contributed by atoms with van der Waals surface area (Å²) in [4.78, 5) is 19.1. The van der Waals surface area contributed by atoms with Crippen LogP contribution in [-0.4, -0.2) is 12.6 Å². The first kappa shape index (κ1) is 15.7. The molecule has 0 spiro atoms. The van der Waals surface area contributed by atoms with Crippen molar-refractivity contribution < 1.29 is 9.59 Å². The Hall–Kier alpha value is -0.740. The summed E-state index contributed by atoms with van der Waals surface area (Å²) in [6.07, 6.45) is 3.37. The summed E-state index contributed by atoms with van der Waals surface area (Å²) in [5.41, 5.74) is 0. The molecule has 0 amide bonds. The summed E-state index contributed by atoms with van der Waals surface area (Å²) in [6.45, 7) is 0. The maximum atomic E-state index is 9.56. The summed E-state index contributed by atoms with van der Waals surface area (Å²) in [7, 11) is 0. The number of unbranched alkanes of at least 4 members (excludes halogenated alkanes) is 2. The van der Waals surface area contributed by atoms with Gasteiger partial charge in [0.2, 0.25) is 0 Å².